The van der Waals surface area contributed by atoms with Crippen LogP contribution in [0.25, 0.3) is 11.0 Å². The second kappa shape index (κ2) is 10.9. The second-order valence-corrected chi connectivity index (χ2v) is 11.8. The average molecular weight is 520 g/mol. The molecule has 3 heterocycles. The third-order valence-electron chi connectivity index (χ3n) is 7.96. The summed E-state index contributed by atoms with van der Waals surface area (Å²) < 4.78 is 6.02. The van der Waals surface area contributed by atoms with Crippen molar-refractivity contribution in [2.24, 2.45) is 5.41 Å². The van der Waals surface area contributed by atoms with Crippen molar-refractivity contribution in [3.05, 3.63) is 46.5 Å². The molecule has 3 N–H and O–H groups in total. The van der Waals surface area contributed by atoms with Crippen molar-refractivity contribution in [3.63, 3.8) is 0 Å². The van der Waals surface area contributed by atoms with E-state index < -0.39 is 0 Å². The number of fused-ring (bicyclic) bond motifs is 2. The molecule has 0 saturated carbocycles. The number of nitrogens with one attached hydrogen (secondary N) is 3. The van der Waals surface area contributed by atoms with E-state index in [9.17, 15) is 9.59 Å². The van der Waals surface area contributed by atoms with E-state index in [0.29, 0.717) is 24.3 Å². The van der Waals surface area contributed by atoms with Gasteiger partial charge in [-0.25, -0.2) is 4.98 Å². The number of aromatic amines is 2. The fourth-order valence-electron chi connectivity index (χ4n) is 5.94. The number of hydrogen-bond donors (Lipinski definition) is 3. The van der Waals surface area contributed by atoms with Crippen LogP contribution in [0.3, 0.4) is 0 Å². The van der Waals surface area contributed by atoms with Crippen LogP contribution in [0.15, 0.2) is 18.2 Å². The second-order valence-electron chi connectivity index (χ2n) is 11.8. The number of nitrogens with zero attached hydrogens (tertiary/aromatic N) is 2. The molecule has 0 spiro atoms. The van der Waals surface area contributed by atoms with Gasteiger partial charge < -0.3 is 20.0 Å². The van der Waals surface area contributed by atoms with Crippen molar-refractivity contribution >= 4 is 22.7 Å². The summed E-state index contributed by atoms with van der Waals surface area (Å²) in [7, 11) is 0. The van der Waals surface area contributed by atoms with E-state index in [1.54, 1.807) is 0 Å². The topological polar surface area (TPSA) is 103 Å². The lowest BCUT2D eigenvalue weighted by Gasteiger charge is -2.28. The first kappa shape index (κ1) is 26.5. The van der Waals surface area contributed by atoms with Gasteiger partial charge in [0.05, 0.1) is 17.1 Å². The quantitative estimate of drug-likeness (QED) is 0.329. The molecule has 204 valence electrons. The number of imidazole rings is 1. The van der Waals surface area contributed by atoms with Gasteiger partial charge in [0.2, 0.25) is 0 Å². The third kappa shape index (κ3) is 5.65. The minimum Gasteiger partial charge on any atom is -0.492 e. The molecule has 2 aliphatic rings. The number of Topliss-reactive ketones (excluding diaryl/α,β-unsaturated/α-hetero) is 1. The van der Waals surface area contributed by atoms with Gasteiger partial charge in [-0.3, -0.25) is 14.5 Å². The van der Waals surface area contributed by atoms with Gasteiger partial charge in [0.25, 0.3) is 5.91 Å². The summed E-state index contributed by atoms with van der Waals surface area (Å²) in [6.45, 7) is 12.1. The van der Waals surface area contributed by atoms with Crippen LogP contribution in [-0.2, 0) is 6.42 Å². The van der Waals surface area contributed by atoms with Crippen LogP contribution in [0.4, 0.5) is 0 Å². The Hall–Kier alpha value is -3.13. The monoisotopic (exact) mass is 519 g/mol. The molecule has 1 saturated heterocycles. The molecule has 38 heavy (non-hydrogen) atoms. The average Bonchev–Trinajstić information content (AvgIpc) is 3.59. The lowest BCUT2D eigenvalue weighted by molar-refractivity contribution is 0.0908. The lowest BCUT2D eigenvalue weighted by Crippen LogP contribution is -2.30. The maximum absolute atomic E-state index is 13.5. The molecule has 1 amide bonds. The van der Waals surface area contributed by atoms with Crippen LogP contribution >= 0.6 is 0 Å². The zero-order chi connectivity index (χ0) is 26.9. The Kier molecular flexibility index (Phi) is 7.61. The van der Waals surface area contributed by atoms with Crippen molar-refractivity contribution in [1.29, 1.82) is 0 Å². The van der Waals surface area contributed by atoms with E-state index in [0.717, 1.165) is 79.2 Å². The first-order valence-corrected chi connectivity index (χ1v) is 14.1. The first-order valence-electron chi connectivity index (χ1n) is 14.1. The molecular weight excluding hydrogens is 478 g/mol. The number of ketones is 1. The summed E-state index contributed by atoms with van der Waals surface area (Å²) >= 11 is 0. The van der Waals surface area contributed by atoms with Gasteiger partial charge >= 0.3 is 0 Å². The SMILES string of the molecule is CCCC[C@H](NC(=O)c1[nH]c2c(c1C)C(=O)CC(C)(C)C2)c1nc2ccc(OCCN3CCCC3)cc2[nH]1. The van der Waals surface area contributed by atoms with Gasteiger partial charge in [0, 0.05) is 30.3 Å². The van der Waals surface area contributed by atoms with Crippen molar-refractivity contribution in [1.82, 2.24) is 25.2 Å². The third-order valence-corrected chi connectivity index (χ3v) is 7.96. The van der Waals surface area contributed by atoms with Crippen LogP contribution in [0, 0.1) is 12.3 Å². The Bertz CT molecular complexity index is 1310. The van der Waals surface area contributed by atoms with Crippen molar-refractivity contribution < 1.29 is 14.3 Å². The lowest BCUT2D eigenvalue weighted by atomic mass is 9.75. The van der Waals surface area contributed by atoms with Crippen LogP contribution in [0.1, 0.15) is 103 Å². The number of rotatable bonds is 10. The normalized spacial score (nSPS) is 18.1. The first-order chi connectivity index (χ1) is 18.2. The predicted molar refractivity (Wildman–Crippen MR) is 149 cm³/mol. The van der Waals surface area contributed by atoms with Crippen LogP contribution < -0.4 is 10.1 Å². The minimum absolute atomic E-state index is 0.107. The number of carbonyl (C=O) groups excluding carboxylic acids is 2. The number of unbranched alkanes of at least 4 members (excludes halogenated alkanes) is 1. The van der Waals surface area contributed by atoms with E-state index in [1.165, 1.54) is 12.8 Å². The van der Waals surface area contributed by atoms with E-state index in [4.69, 9.17) is 9.72 Å². The number of amides is 1. The molecular formula is C30H41N5O3. The number of aromatic nitrogens is 3. The Balaban J connectivity index is 1.32. The highest BCUT2D eigenvalue weighted by atomic mass is 16.5. The van der Waals surface area contributed by atoms with Crippen molar-refractivity contribution in [2.75, 3.05) is 26.2 Å². The van der Waals surface area contributed by atoms with Gasteiger partial charge in [0.15, 0.2) is 5.78 Å². The smallest absolute Gasteiger partial charge is 0.268 e. The highest BCUT2D eigenvalue weighted by Gasteiger charge is 2.35. The summed E-state index contributed by atoms with van der Waals surface area (Å²) in [5, 5.41) is 3.20. The Morgan fingerprint density at radius 2 is 2.00 bits per heavy atom. The molecule has 2 aromatic heterocycles. The van der Waals surface area contributed by atoms with E-state index in [-0.39, 0.29) is 23.1 Å². The highest BCUT2D eigenvalue weighted by Crippen LogP contribution is 2.37. The number of benzene rings is 1. The molecule has 0 bridgehead atoms. The van der Waals surface area contributed by atoms with Crippen LogP contribution in [-0.4, -0.2) is 57.8 Å². The minimum atomic E-state index is -0.263. The van der Waals surface area contributed by atoms with Gasteiger partial charge in [-0.05, 0) is 68.8 Å². The van der Waals surface area contributed by atoms with E-state index in [1.807, 2.05) is 25.1 Å². The molecule has 5 rings (SSSR count). The van der Waals surface area contributed by atoms with Gasteiger partial charge in [0.1, 0.15) is 23.9 Å². The van der Waals surface area contributed by atoms with E-state index in [2.05, 4.69) is 41.0 Å². The molecule has 3 aromatic rings. The van der Waals surface area contributed by atoms with Gasteiger partial charge in [-0.2, -0.15) is 0 Å². The maximum atomic E-state index is 13.5. The number of H-pyrrole nitrogens is 2. The predicted octanol–water partition coefficient (Wildman–Crippen LogP) is 5.49. The molecule has 1 aliphatic heterocycles. The standard InChI is InChI=1S/C30H41N5O3/c1-5-6-9-22(34-29(37)27-19(2)26-24(31-27)17-30(3,4)18-25(26)36)28-32-21-11-10-20(16-23(21)33-28)38-15-14-35-12-7-8-13-35/h10-11,16,22,31H,5-9,12-15,17-18H2,1-4H3,(H,32,33)(H,34,37)/t22-/m0/s1. The Morgan fingerprint density at radius 3 is 2.76 bits per heavy atom. The Morgan fingerprint density at radius 1 is 1.21 bits per heavy atom. The summed E-state index contributed by atoms with van der Waals surface area (Å²) in [5.41, 5.74) is 4.43. The molecule has 8 heteroatoms. The zero-order valence-corrected chi connectivity index (χ0v) is 23.2. The largest absolute Gasteiger partial charge is 0.492 e. The summed E-state index contributed by atoms with van der Waals surface area (Å²) in [6, 6.07) is 5.66. The number of hydrogen-bond acceptors (Lipinski definition) is 5. The molecule has 1 aromatic carbocycles. The number of ether oxygens (including phenoxy) is 1. The van der Waals surface area contributed by atoms with Crippen LogP contribution in [0.5, 0.6) is 5.75 Å². The molecule has 1 aliphatic carbocycles. The molecule has 8 nitrogen and oxygen atoms in total. The molecule has 0 unspecified atom stereocenters. The van der Waals surface area contributed by atoms with Gasteiger partial charge in [-0.15, -0.1) is 0 Å². The summed E-state index contributed by atoms with van der Waals surface area (Å²) in [5.74, 6) is 1.47. The number of carbonyl (C=O) groups is 2. The summed E-state index contributed by atoms with van der Waals surface area (Å²) in [6.07, 6.45) is 6.56. The fraction of sp³-hybridized carbons (Fsp3) is 0.567. The summed E-state index contributed by atoms with van der Waals surface area (Å²) in [4.78, 5) is 40.3. The molecule has 1 atom stereocenters. The van der Waals surface area contributed by atoms with E-state index >= 15 is 0 Å². The Labute approximate surface area is 224 Å². The maximum Gasteiger partial charge on any atom is 0.268 e. The number of likely N-dealkylation sites (tertiary alicyclic amines) is 1. The van der Waals surface area contributed by atoms with Gasteiger partial charge in [-0.1, -0.05) is 33.6 Å². The van der Waals surface area contributed by atoms with Crippen molar-refractivity contribution in [3.8, 4) is 5.75 Å². The van der Waals surface area contributed by atoms with Crippen LogP contribution in [0.2, 0.25) is 0 Å². The fourth-order valence-corrected chi connectivity index (χ4v) is 5.94. The van der Waals surface area contributed by atoms with Crippen molar-refractivity contribution in [2.45, 2.75) is 78.7 Å². The zero-order valence-electron chi connectivity index (χ0n) is 23.2. The molecule has 1 fully saturated rings. The highest BCUT2D eigenvalue weighted by molar-refractivity contribution is 6.04. The molecule has 0 radical (unpaired) electrons.